The Hall–Kier alpha value is -4.41. The van der Waals surface area contributed by atoms with Crippen LogP contribution in [0.3, 0.4) is 0 Å². The minimum atomic E-state index is -1.85. The van der Waals surface area contributed by atoms with Gasteiger partial charge in [-0.2, -0.15) is 0 Å². The van der Waals surface area contributed by atoms with Crippen molar-refractivity contribution in [2.75, 3.05) is 26.4 Å². The van der Waals surface area contributed by atoms with Gasteiger partial charge in [0.2, 0.25) is 5.43 Å². The first-order valence-electron chi connectivity index (χ1n) is 16.1. The normalized spacial score (nSPS) is 17.0. The zero-order valence-corrected chi connectivity index (χ0v) is 27.4. The van der Waals surface area contributed by atoms with Crippen LogP contribution in [0.25, 0.3) is 22.2 Å². The smallest absolute Gasteiger partial charge is 0.340 e. The molecular formula is C35H43NO10. The molecule has 0 saturated heterocycles. The van der Waals surface area contributed by atoms with E-state index in [4.69, 9.17) is 23.4 Å². The summed E-state index contributed by atoms with van der Waals surface area (Å²) in [5.74, 6) is -5.86. The van der Waals surface area contributed by atoms with Gasteiger partial charge in [-0.15, -0.1) is 0 Å². The quantitative estimate of drug-likeness (QED) is 0.286. The lowest BCUT2D eigenvalue weighted by Crippen LogP contribution is -2.48. The number of hydrogen-bond donors (Lipinski definition) is 1. The second-order valence-electron chi connectivity index (χ2n) is 11.4. The Morgan fingerprint density at radius 3 is 2.00 bits per heavy atom. The number of nitrogens with one attached hydrogen (secondary N) is 1. The average Bonchev–Trinajstić information content (AvgIpc) is 3.15. The van der Waals surface area contributed by atoms with E-state index < -0.39 is 51.9 Å². The highest BCUT2D eigenvalue weighted by Gasteiger charge is 2.45. The molecule has 2 aliphatic rings. The summed E-state index contributed by atoms with van der Waals surface area (Å²) in [5.41, 5.74) is -1.27. The summed E-state index contributed by atoms with van der Waals surface area (Å²) < 4.78 is 28.0. The van der Waals surface area contributed by atoms with E-state index in [0.717, 1.165) is 37.7 Å². The van der Waals surface area contributed by atoms with Gasteiger partial charge in [0.15, 0.2) is 5.42 Å². The third kappa shape index (κ3) is 6.88. The molecule has 2 aliphatic carbocycles. The van der Waals surface area contributed by atoms with Gasteiger partial charge in [-0.05, 0) is 64.2 Å². The number of benzene rings is 1. The van der Waals surface area contributed by atoms with Crippen molar-refractivity contribution < 1.29 is 42.5 Å². The molecule has 11 heteroatoms. The van der Waals surface area contributed by atoms with Crippen molar-refractivity contribution in [3.05, 3.63) is 55.8 Å². The highest BCUT2D eigenvalue weighted by molar-refractivity contribution is 6.22. The molecule has 0 bridgehead atoms. The fourth-order valence-corrected chi connectivity index (χ4v) is 5.99. The van der Waals surface area contributed by atoms with Crippen LogP contribution in [0.15, 0.2) is 38.6 Å². The van der Waals surface area contributed by atoms with Crippen molar-refractivity contribution in [2.45, 2.75) is 85.6 Å². The first-order chi connectivity index (χ1) is 22.1. The Morgan fingerprint density at radius 1 is 0.826 bits per heavy atom. The van der Waals surface area contributed by atoms with Crippen molar-refractivity contribution in [3.63, 3.8) is 0 Å². The minimum Gasteiger partial charge on any atom is -0.465 e. The van der Waals surface area contributed by atoms with Crippen molar-refractivity contribution in [1.82, 2.24) is 5.32 Å². The Labute approximate surface area is 267 Å². The maximum absolute atomic E-state index is 14.7. The molecule has 1 saturated carbocycles. The molecule has 46 heavy (non-hydrogen) atoms. The lowest BCUT2D eigenvalue weighted by Gasteiger charge is -2.27. The molecule has 1 aromatic heterocycles. The average molecular weight is 638 g/mol. The zero-order chi connectivity index (χ0) is 33.5. The summed E-state index contributed by atoms with van der Waals surface area (Å²) in [7, 11) is 0. The van der Waals surface area contributed by atoms with Crippen LogP contribution in [0.2, 0.25) is 0 Å². The maximum Gasteiger partial charge on any atom is 0.340 e. The number of esters is 4. The first kappa shape index (κ1) is 34.5. The van der Waals surface area contributed by atoms with E-state index >= 15 is 0 Å². The molecule has 1 unspecified atom stereocenters. The van der Waals surface area contributed by atoms with Crippen molar-refractivity contribution >= 4 is 46.1 Å². The van der Waals surface area contributed by atoms with E-state index in [1.54, 1.807) is 39.8 Å². The highest BCUT2D eigenvalue weighted by Crippen LogP contribution is 2.33. The number of ether oxygens (including phenoxy) is 4. The lowest BCUT2D eigenvalue weighted by molar-refractivity contribution is -0.150. The Bertz CT molecular complexity index is 1730. The standard InChI is InChI=1S/C35H43NO10/c1-7-42-32(38)24-25(33(39)43-8-2)27(35(41)45-10-4)31-28(30(37)22-18-20(19(5)6)16-17-23(22)46-31)29(26(24)34(40)44-9-3)36-21-14-12-11-13-15-21/h16-19,21,25,36H,7-15H2,1-6H3. The third-order valence-electron chi connectivity index (χ3n) is 8.12. The predicted molar refractivity (Wildman–Crippen MR) is 170 cm³/mol. The largest absolute Gasteiger partial charge is 0.465 e. The summed E-state index contributed by atoms with van der Waals surface area (Å²) in [5, 5.41) is 3.39. The van der Waals surface area contributed by atoms with Gasteiger partial charge in [0.25, 0.3) is 0 Å². The van der Waals surface area contributed by atoms with Crippen LogP contribution in [0.1, 0.15) is 85.1 Å². The summed E-state index contributed by atoms with van der Waals surface area (Å²) in [4.78, 5) is 70.5. The molecule has 0 aliphatic heterocycles. The van der Waals surface area contributed by atoms with Crippen molar-refractivity contribution in [3.8, 4) is 0 Å². The highest BCUT2D eigenvalue weighted by atomic mass is 16.5. The molecule has 2 aromatic rings. The maximum atomic E-state index is 14.7. The van der Waals surface area contributed by atoms with Crippen LogP contribution in [0.5, 0.6) is 0 Å². The van der Waals surface area contributed by atoms with Crippen LogP contribution >= 0.6 is 0 Å². The van der Waals surface area contributed by atoms with E-state index in [1.165, 1.54) is 0 Å². The minimum absolute atomic E-state index is 0.0670. The number of rotatable bonds is 11. The Balaban J connectivity index is 2.36. The van der Waals surface area contributed by atoms with E-state index in [2.05, 4.69) is 5.32 Å². The van der Waals surface area contributed by atoms with Crippen molar-refractivity contribution in [1.29, 1.82) is 0 Å². The molecule has 0 spiro atoms. The van der Waals surface area contributed by atoms with Crippen LogP contribution < -0.4 is 21.4 Å². The van der Waals surface area contributed by atoms with Gasteiger partial charge >= 0.3 is 23.9 Å². The second-order valence-corrected chi connectivity index (χ2v) is 11.4. The van der Waals surface area contributed by atoms with Crippen molar-refractivity contribution in [2.24, 2.45) is 5.92 Å². The number of carbonyl (C=O) groups is 4. The fourth-order valence-electron chi connectivity index (χ4n) is 5.99. The van der Waals surface area contributed by atoms with E-state index in [1.807, 2.05) is 19.9 Å². The van der Waals surface area contributed by atoms with E-state index in [9.17, 15) is 24.0 Å². The monoisotopic (exact) mass is 637 g/mol. The van der Waals surface area contributed by atoms with Gasteiger partial charge < -0.3 is 28.7 Å². The molecule has 1 aromatic carbocycles. The zero-order valence-electron chi connectivity index (χ0n) is 27.4. The van der Waals surface area contributed by atoms with Gasteiger partial charge in [-0.3, -0.25) is 9.59 Å². The lowest BCUT2D eigenvalue weighted by atomic mass is 9.87. The second kappa shape index (κ2) is 15.2. The van der Waals surface area contributed by atoms with Gasteiger partial charge in [0, 0.05) is 6.04 Å². The van der Waals surface area contributed by atoms with Crippen LogP contribution in [0, 0.1) is 5.92 Å². The molecule has 1 N–H and O–H groups in total. The van der Waals surface area contributed by atoms with Gasteiger partial charge in [0.05, 0.1) is 59.4 Å². The summed E-state index contributed by atoms with van der Waals surface area (Å²) >= 11 is 0. The van der Waals surface area contributed by atoms with Gasteiger partial charge in [-0.25, -0.2) is 14.4 Å². The topological polar surface area (TPSA) is 147 Å². The summed E-state index contributed by atoms with van der Waals surface area (Å²) in [6.45, 7) is 9.88. The van der Waals surface area contributed by atoms with Crippen LogP contribution in [-0.4, -0.2) is 56.3 Å². The van der Waals surface area contributed by atoms with E-state index in [-0.39, 0.29) is 65.7 Å². The third-order valence-corrected chi connectivity index (χ3v) is 8.12. The van der Waals surface area contributed by atoms with Crippen LogP contribution in [-0.2, 0) is 38.1 Å². The molecule has 0 radical (unpaired) electrons. The molecule has 1 heterocycles. The van der Waals surface area contributed by atoms with Gasteiger partial charge in [-0.1, -0.05) is 39.2 Å². The number of hydrogen-bond acceptors (Lipinski definition) is 11. The molecule has 0 amide bonds. The summed E-state index contributed by atoms with van der Waals surface area (Å²) in [6.07, 6.45) is 4.26. The first-order valence-corrected chi connectivity index (χ1v) is 16.1. The summed E-state index contributed by atoms with van der Waals surface area (Å²) in [6, 6.07) is 4.94. The number of carbonyl (C=O) groups excluding carboxylic acids is 4. The molecule has 11 nitrogen and oxygen atoms in total. The Kier molecular flexibility index (Phi) is 11.4. The Morgan fingerprint density at radius 2 is 1.41 bits per heavy atom. The van der Waals surface area contributed by atoms with Crippen LogP contribution in [0.4, 0.5) is 0 Å². The number of fused-ring (bicyclic) bond motifs is 2. The molecular weight excluding hydrogens is 594 g/mol. The molecule has 1 atom stereocenters. The predicted octanol–water partition coefficient (Wildman–Crippen LogP) is 3.28. The SMILES string of the molecule is CCOC(=O)C1=C(C(=O)OCC)C(C(=O)OCC)C(C(=O)OCC)=c2oc3ccc(C(C)C)cc3c(=O)c2=C1NC1CCCCC1. The van der Waals surface area contributed by atoms with E-state index in [0.29, 0.717) is 0 Å². The fraction of sp³-hybridized carbons (Fsp3) is 0.514. The molecule has 4 rings (SSSR count). The van der Waals surface area contributed by atoms with Gasteiger partial charge in [0.1, 0.15) is 11.5 Å². The molecule has 1 fully saturated rings. The molecule has 248 valence electrons.